The van der Waals surface area contributed by atoms with Gasteiger partial charge in [-0.05, 0) is 54.1 Å². The van der Waals surface area contributed by atoms with Gasteiger partial charge >= 0.3 is 0 Å². The number of anilines is 1. The minimum atomic E-state index is -2.94. The Hall–Kier alpha value is -2.58. The van der Waals surface area contributed by atoms with Crippen LogP contribution in [0.2, 0.25) is 5.04 Å². The summed E-state index contributed by atoms with van der Waals surface area (Å²) in [5, 5.41) is 12.9. The first-order valence-electron chi connectivity index (χ1n) is 14.4. The van der Waals surface area contributed by atoms with E-state index in [1.807, 2.05) is 55.1 Å². The van der Waals surface area contributed by atoms with E-state index in [9.17, 15) is 5.11 Å². The number of morpholine rings is 1. The molecule has 4 nitrogen and oxygen atoms in total. The molecular formula is C33H41F2NO3Si. The lowest BCUT2D eigenvalue weighted by atomic mass is 9.99. The molecule has 2 aliphatic rings. The molecule has 1 saturated heterocycles. The molecule has 0 bridgehead atoms. The third-order valence-corrected chi connectivity index (χ3v) is 13.3. The van der Waals surface area contributed by atoms with Crippen LogP contribution in [-0.4, -0.2) is 38.7 Å². The lowest BCUT2D eigenvalue weighted by molar-refractivity contribution is -0.00554. The van der Waals surface area contributed by atoms with Gasteiger partial charge in [0.15, 0.2) is 11.6 Å². The summed E-state index contributed by atoms with van der Waals surface area (Å²) >= 11 is 0. The lowest BCUT2D eigenvalue weighted by Crippen LogP contribution is -2.66. The summed E-state index contributed by atoms with van der Waals surface area (Å²) in [7, 11) is -2.94. The van der Waals surface area contributed by atoms with Crippen LogP contribution in [-0.2, 0) is 15.8 Å². The summed E-state index contributed by atoms with van der Waals surface area (Å²) in [4.78, 5) is 1.88. The van der Waals surface area contributed by atoms with Crippen molar-refractivity contribution >= 4 is 24.4 Å². The zero-order chi connectivity index (χ0) is 28.7. The third kappa shape index (κ3) is 5.49. The smallest absolute Gasteiger partial charge is 0.261 e. The summed E-state index contributed by atoms with van der Waals surface area (Å²) in [6.07, 6.45) is 0.340. The second-order valence-corrected chi connectivity index (χ2v) is 16.8. The predicted octanol–water partition coefficient (Wildman–Crippen LogP) is 6.10. The van der Waals surface area contributed by atoms with Crippen LogP contribution in [0.25, 0.3) is 0 Å². The van der Waals surface area contributed by atoms with E-state index in [1.54, 1.807) is 6.07 Å². The van der Waals surface area contributed by atoms with Gasteiger partial charge in [0.25, 0.3) is 8.32 Å². The van der Waals surface area contributed by atoms with Crippen LogP contribution in [0.15, 0.2) is 66.7 Å². The summed E-state index contributed by atoms with van der Waals surface area (Å²) in [6.45, 7) is 11.4. The molecule has 5 rings (SSSR count). The van der Waals surface area contributed by atoms with Crippen molar-refractivity contribution in [1.82, 2.24) is 0 Å². The molecule has 0 aromatic heterocycles. The van der Waals surface area contributed by atoms with Gasteiger partial charge in [-0.1, -0.05) is 81.4 Å². The molecule has 40 heavy (non-hydrogen) atoms. The minimum absolute atomic E-state index is 0.0270. The Kier molecular flexibility index (Phi) is 8.21. The molecular weight excluding hydrogens is 524 g/mol. The number of rotatable bonds is 8. The highest BCUT2D eigenvalue weighted by Gasteiger charge is 2.50. The molecule has 3 aromatic rings. The van der Waals surface area contributed by atoms with E-state index in [-0.39, 0.29) is 41.0 Å². The fourth-order valence-corrected chi connectivity index (χ4v) is 10.9. The van der Waals surface area contributed by atoms with Crippen LogP contribution in [0, 0.1) is 17.6 Å². The Morgan fingerprint density at radius 2 is 1.45 bits per heavy atom. The highest BCUT2D eigenvalue weighted by atomic mass is 28.4. The Bertz CT molecular complexity index is 1260. The zero-order valence-electron chi connectivity index (χ0n) is 24.2. The van der Waals surface area contributed by atoms with E-state index in [2.05, 4.69) is 45.0 Å². The molecule has 1 aliphatic carbocycles. The number of nitrogens with zero attached hydrogens (tertiary/aromatic N) is 1. The molecule has 0 spiro atoms. The molecule has 0 radical (unpaired) electrons. The van der Waals surface area contributed by atoms with Gasteiger partial charge in [-0.15, -0.1) is 0 Å². The van der Waals surface area contributed by atoms with Crippen molar-refractivity contribution in [2.75, 3.05) is 18.0 Å². The molecule has 0 amide bonds. The number of ether oxygens (including phenoxy) is 1. The molecule has 7 heteroatoms. The van der Waals surface area contributed by atoms with Crippen molar-refractivity contribution in [3.63, 3.8) is 0 Å². The topological polar surface area (TPSA) is 41.9 Å². The Morgan fingerprint density at radius 1 is 0.925 bits per heavy atom. The average molecular weight is 566 g/mol. The second kappa shape index (κ2) is 11.4. The quantitative estimate of drug-likeness (QED) is 0.335. The van der Waals surface area contributed by atoms with Crippen LogP contribution in [0.4, 0.5) is 14.5 Å². The van der Waals surface area contributed by atoms with Crippen molar-refractivity contribution in [3.8, 4) is 0 Å². The van der Waals surface area contributed by atoms with Crippen molar-refractivity contribution in [1.29, 1.82) is 0 Å². The largest absolute Gasteiger partial charge is 0.403 e. The van der Waals surface area contributed by atoms with Gasteiger partial charge in [0, 0.05) is 24.2 Å². The first-order valence-corrected chi connectivity index (χ1v) is 16.3. The van der Waals surface area contributed by atoms with Crippen molar-refractivity contribution in [2.45, 2.75) is 77.4 Å². The summed E-state index contributed by atoms with van der Waals surface area (Å²) in [6, 6.07) is 22.2. The highest BCUT2D eigenvalue weighted by Crippen LogP contribution is 2.44. The van der Waals surface area contributed by atoms with Gasteiger partial charge in [0.05, 0.1) is 30.6 Å². The molecule has 214 valence electrons. The normalized spacial score (nSPS) is 20.9. The van der Waals surface area contributed by atoms with Crippen LogP contribution in [0.5, 0.6) is 0 Å². The number of hydrogen-bond donors (Lipinski definition) is 1. The van der Waals surface area contributed by atoms with E-state index >= 15 is 8.78 Å². The van der Waals surface area contributed by atoms with Crippen LogP contribution < -0.4 is 15.3 Å². The molecule has 1 unspecified atom stereocenters. The SMILES string of the molecule is C[C@@H]1CN(c2c(CO[Si](c3ccccc3)(c3ccccc3)C(C)(C)C)cc(C(O)C3CC3)c(F)c2F)C[C@H](C)O1. The minimum Gasteiger partial charge on any atom is -0.403 e. The van der Waals surface area contributed by atoms with Gasteiger partial charge < -0.3 is 19.2 Å². The molecule has 2 fully saturated rings. The fraction of sp³-hybridized carbons (Fsp3) is 0.455. The van der Waals surface area contributed by atoms with Crippen molar-refractivity contribution < 1.29 is 23.1 Å². The number of aliphatic hydroxyl groups excluding tert-OH is 1. The van der Waals surface area contributed by atoms with Crippen LogP contribution >= 0.6 is 0 Å². The first kappa shape index (κ1) is 28.9. The summed E-state index contributed by atoms with van der Waals surface area (Å²) in [5.74, 6) is -1.91. The summed E-state index contributed by atoms with van der Waals surface area (Å²) in [5.41, 5.74) is 0.797. The first-order chi connectivity index (χ1) is 19.0. The average Bonchev–Trinajstić information content (AvgIpc) is 3.76. The van der Waals surface area contributed by atoms with E-state index in [1.165, 1.54) is 0 Å². The molecule has 3 aromatic carbocycles. The standard InChI is InChI=1S/C33H41F2NO3Si/c1-22-19-36(20-23(2)39-22)31-25(18-28(29(34)30(31)35)32(37)24-16-17-24)21-38-40(33(3,4)5,26-12-8-6-9-13-26)27-14-10-7-11-15-27/h6-15,18,22-24,32,37H,16-17,19-21H2,1-5H3/t22-,23+,32?. The van der Waals surface area contributed by atoms with E-state index in [4.69, 9.17) is 9.16 Å². The summed E-state index contributed by atoms with van der Waals surface area (Å²) < 4.78 is 44.7. The third-order valence-electron chi connectivity index (χ3n) is 8.27. The van der Waals surface area contributed by atoms with E-state index in [0.29, 0.717) is 18.7 Å². The van der Waals surface area contributed by atoms with Crippen molar-refractivity contribution in [3.05, 3.63) is 89.5 Å². The molecule has 1 saturated carbocycles. The number of halogens is 2. The lowest BCUT2D eigenvalue weighted by Gasteiger charge is -2.43. The van der Waals surface area contributed by atoms with Crippen LogP contribution in [0.3, 0.4) is 0 Å². The number of benzene rings is 3. The maximum atomic E-state index is 16.1. The van der Waals surface area contributed by atoms with Gasteiger partial charge in [-0.3, -0.25) is 0 Å². The second-order valence-electron chi connectivity index (χ2n) is 12.5. The van der Waals surface area contributed by atoms with E-state index < -0.39 is 26.1 Å². The number of aliphatic hydroxyl groups is 1. The maximum Gasteiger partial charge on any atom is 0.261 e. The van der Waals surface area contributed by atoms with Gasteiger partial charge in [-0.2, -0.15) is 0 Å². The van der Waals surface area contributed by atoms with Gasteiger partial charge in [0.2, 0.25) is 0 Å². The zero-order valence-corrected chi connectivity index (χ0v) is 25.2. The molecule has 1 heterocycles. The molecule has 1 N–H and O–H groups in total. The monoisotopic (exact) mass is 565 g/mol. The Labute approximate surface area is 238 Å². The molecule has 3 atom stereocenters. The Balaban J connectivity index is 1.65. The predicted molar refractivity (Wildman–Crippen MR) is 159 cm³/mol. The van der Waals surface area contributed by atoms with E-state index in [0.717, 1.165) is 23.2 Å². The molecule has 1 aliphatic heterocycles. The number of hydrogen-bond acceptors (Lipinski definition) is 4. The van der Waals surface area contributed by atoms with Gasteiger partial charge in [-0.25, -0.2) is 8.78 Å². The van der Waals surface area contributed by atoms with Crippen molar-refractivity contribution in [2.24, 2.45) is 5.92 Å². The maximum absolute atomic E-state index is 16.1. The Morgan fingerprint density at radius 3 is 1.93 bits per heavy atom. The van der Waals surface area contributed by atoms with Gasteiger partial charge in [0.1, 0.15) is 0 Å². The van der Waals surface area contributed by atoms with Crippen LogP contribution in [0.1, 0.15) is 64.7 Å². The highest BCUT2D eigenvalue weighted by molar-refractivity contribution is 6.99. The fourth-order valence-electron chi connectivity index (χ4n) is 6.33.